The Kier molecular flexibility index (Phi) is 8.11. The molecule has 30 heavy (non-hydrogen) atoms. The van der Waals surface area contributed by atoms with Crippen molar-refractivity contribution in [2.75, 3.05) is 17.6 Å². The van der Waals surface area contributed by atoms with Gasteiger partial charge in [0.05, 0.1) is 18.0 Å². The second-order valence-corrected chi connectivity index (χ2v) is 9.28. The van der Waals surface area contributed by atoms with E-state index in [1.165, 1.54) is 11.4 Å². The number of rotatable bonds is 10. The van der Waals surface area contributed by atoms with Crippen LogP contribution in [0.3, 0.4) is 0 Å². The minimum Gasteiger partial charge on any atom is -0.491 e. The zero-order valence-electron chi connectivity index (χ0n) is 18.1. The van der Waals surface area contributed by atoms with E-state index in [2.05, 4.69) is 5.32 Å². The highest BCUT2D eigenvalue weighted by atomic mass is 32.2. The highest BCUT2D eigenvalue weighted by Crippen LogP contribution is 2.21. The molecule has 1 N–H and O–H groups in total. The first-order chi connectivity index (χ1) is 14.1. The Labute approximate surface area is 179 Å². The van der Waals surface area contributed by atoms with Gasteiger partial charge in [-0.3, -0.25) is 9.10 Å². The summed E-state index contributed by atoms with van der Waals surface area (Å²) in [5, 5.41) is 2.89. The van der Waals surface area contributed by atoms with Gasteiger partial charge in [-0.25, -0.2) is 8.42 Å². The Morgan fingerprint density at radius 3 is 2.30 bits per heavy atom. The number of benzene rings is 2. The number of sulfonamides is 1. The van der Waals surface area contributed by atoms with Crippen LogP contribution >= 0.6 is 0 Å². The molecule has 0 aliphatic heterocycles. The van der Waals surface area contributed by atoms with Crippen LogP contribution in [0.2, 0.25) is 0 Å². The quantitative estimate of drug-likeness (QED) is 0.620. The molecule has 0 aliphatic carbocycles. The van der Waals surface area contributed by atoms with Crippen molar-refractivity contribution in [3.8, 4) is 11.5 Å². The van der Waals surface area contributed by atoms with E-state index in [1.54, 1.807) is 24.3 Å². The van der Waals surface area contributed by atoms with Gasteiger partial charge in [-0.1, -0.05) is 19.1 Å². The first kappa shape index (κ1) is 23.5. The van der Waals surface area contributed by atoms with Gasteiger partial charge >= 0.3 is 0 Å². The smallest absolute Gasteiger partial charge is 0.261 e. The van der Waals surface area contributed by atoms with Crippen molar-refractivity contribution < 1.29 is 22.7 Å². The molecule has 2 aromatic carbocycles. The standard InChI is InChI=1S/C22H30N2O5S/c1-6-21(29-19-12-10-18(11-13-19)24(4)30(5,26)27)22(25)23-15-17-8-7-9-20(14-17)28-16(2)3/h7-14,16,21H,6,15H2,1-5H3,(H,23,25)/t21-/m0/s1. The molecule has 0 fully saturated rings. The van der Waals surface area contributed by atoms with Gasteiger partial charge in [0.1, 0.15) is 11.5 Å². The van der Waals surface area contributed by atoms with Gasteiger partial charge in [-0.05, 0) is 62.2 Å². The average molecular weight is 435 g/mol. The molecule has 0 aromatic heterocycles. The molecule has 0 saturated carbocycles. The first-order valence-corrected chi connectivity index (χ1v) is 11.7. The Morgan fingerprint density at radius 1 is 1.07 bits per heavy atom. The molecule has 0 aliphatic rings. The van der Waals surface area contributed by atoms with Crippen LogP contribution in [-0.2, 0) is 21.4 Å². The lowest BCUT2D eigenvalue weighted by Crippen LogP contribution is -2.37. The minimum absolute atomic E-state index is 0.0799. The molecule has 7 nitrogen and oxygen atoms in total. The van der Waals surface area contributed by atoms with E-state index in [0.717, 1.165) is 17.6 Å². The van der Waals surface area contributed by atoms with Gasteiger partial charge in [-0.2, -0.15) is 0 Å². The van der Waals surface area contributed by atoms with Crippen LogP contribution in [0.1, 0.15) is 32.8 Å². The van der Waals surface area contributed by atoms with Crippen molar-refractivity contribution in [1.29, 1.82) is 0 Å². The number of ether oxygens (including phenoxy) is 2. The number of carbonyl (C=O) groups excluding carboxylic acids is 1. The topological polar surface area (TPSA) is 84.9 Å². The van der Waals surface area contributed by atoms with Gasteiger partial charge in [0.2, 0.25) is 10.0 Å². The second kappa shape index (κ2) is 10.3. The summed E-state index contributed by atoms with van der Waals surface area (Å²) in [5.74, 6) is 1.04. The van der Waals surface area contributed by atoms with Crippen molar-refractivity contribution in [1.82, 2.24) is 5.32 Å². The number of carbonyl (C=O) groups is 1. The van der Waals surface area contributed by atoms with E-state index in [0.29, 0.717) is 24.4 Å². The molecular weight excluding hydrogens is 404 g/mol. The molecule has 8 heteroatoms. The van der Waals surface area contributed by atoms with Crippen LogP contribution in [0.4, 0.5) is 5.69 Å². The highest BCUT2D eigenvalue weighted by molar-refractivity contribution is 7.92. The number of nitrogens with zero attached hydrogens (tertiary/aromatic N) is 1. The summed E-state index contributed by atoms with van der Waals surface area (Å²) in [7, 11) is -1.85. The van der Waals surface area contributed by atoms with Crippen LogP contribution in [0.25, 0.3) is 0 Å². The summed E-state index contributed by atoms with van der Waals surface area (Å²) in [6.45, 7) is 6.16. The fourth-order valence-electron chi connectivity index (χ4n) is 2.72. The van der Waals surface area contributed by atoms with Gasteiger partial charge < -0.3 is 14.8 Å². The van der Waals surface area contributed by atoms with Gasteiger partial charge in [0.25, 0.3) is 5.91 Å². The third-order valence-corrected chi connectivity index (χ3v) is 5.58. The van der Waals surface area contributed by atoms with Crippen molar-refractivity contribution in [2.45, 2.75) is 45.9 Å². The molecule has 0 heterocycles. The number of anilines is 1. The summed E-state index contributed by atoms with van der Waals surface area (Å²) in [5.41, 5.74) is 1.45. The molecule has 0 unspecified atom stereocenters. The largest absolute Gasteiger partial charge is 0.491 e. The Morgan fingerprint density at radius 2 is 1.73 bits per heavy atom. The van der Waals surface area contributed by atoms with Crippen molar-refractivity contribution in [3.63, 3.8) is 0 Å². The van der Waals surface area contributed by atoms with Crippen LogP contribution in [0, 0.1) is 0 Å². The summed E-state index contributed by atoms with van der Waals surface area (Å²) in [4.78, 5) is 12.6. The summed E-state index contributed by atoms with van der Waals surface area (Å²) >= 11 is 0. The molecule has 0 radical (unpaired) electrons. The Bertz CT molecular complexity index is 942. The fourth-order valence-corrected chi connectivity index (χ4v) is 3.22. The number of nitrogens with one attached hydrogen (secondary N) is 1. The Balaban J connectivity index is 1.97. The van der Waals surface area contributed by atoms with Crippen LogP contribution in [0.5, 0.6) is 11.5 Å². The van der Waals surface area contributed by atoms with Gasteiger partial charge in [0, 0.05) is 13.6 Å². The Hall–Kier alpha value is -2.74. The van der Waals surface area contributed by atoms with Gasteiger partial charge in [-0.15, -0.1) is 0 Å². The zero-order chi connectivity index (χ0) is 22.3. The third-order valence-electron chi connectivity index (χ3n) is 4.38. The van der Waals surface area contributed by atoms with E-state index >= 15 is 0 Å². The lowest BCUT2D eigenvalue weighted by atomic mass is 10.2. The first-order valence-electron chi connectivity index (χ1n) is 9.84. The molecule has 2 rings (SSSR count). The lowest BCUT2D eigenvalue weighted by Gasteiger charge is -2.19. The van der Waals surface area contributed by atoms with E-state index in [1.807, 2.05) is 45.0 Å². The molecule has 164 valence electrons. The molecule has 0 saturated heterocycles. The normalized spacial score (nSPS) is 12.3. The van der Waals surface area contributed by atoms with Crippen LogP contribution < -0.4 is 19.1 Å². The van der Waals surface area contributed by atoms with Crippen molar-refractivity contribution in [2.24, 2.45) is 0 Å². The molecule has 0 spiro atoms. The maximum Gasteiger partial charge on any atom is 0.261 e. The van der Waals surface area contributed by atoms with E-state index < -0.39 is 16.1 Å². The van der Waals surface area contributed by atoms with E-state index in [-0.39, 0.29) is 12.0 Å². The highest BCUT2D eigenvalue weighted by Gasteiger charge is 2.19. The number of hydrogen-bond acceptors (Lipinski definition) is 5. The summed E-state index contributed by atoms with van der Waals surface area (Å²) < 4.78 is 35.9. The van der Waals surface area contributed by atoms with Crippen LogP contribution in [0.15, 0.2) is 48.5 Å². The van der Waals surface area contributed by atoms with Crippen LogP contribution in [-0.4, -0.2) is 39.8 Å². The number of amides is 1. The monoisotopic (exact) mass is 434 g/mol. The van der Waals surface area contributed by atoms with E-state index in [4.69, 9.17) is 9.47 Å². The summed E-state index contributed by atoms with van der Waals surface area (Å²) in [6.07, 6.45) is 1.06. The predicted octanol–water partition coefficient (Wildman–Crippen LogP) is 3.34. The number of hydrogen-bond donors (Lipinski definition) is 1. The van der Waals surface area contributed by atoms with E-state index in [9.17, 15) is 13.2 Å². The average Bonchev–Trinajstić information content (AvgIpc) is 2.69. The molecule has 1 amide bonds. The predicted molar refractivity (Wildman–Crippen MR) is 118 cm³/mol. The molecule has 1 atom stereocenters. The maximum absolute atomic E-state index is 12.6. The third kappa shape index (κ3) is 6.95. The van der Waals surface area contributed by atoms with Gasteiger partial charge in [0.15, 0.2) is 6.10 Å². The molecule has 2 aromatic rings. The molecule has 0 bridgehead atoms. The zero-order valence-corrected chi connectivity index (χ0v) is 18.9. The summed E-state index contributed by atoms with van der Waals surface area (Å²) in [6, 6.07) is 14.2. The maximum atomic E-state index is 12.6. The molecular formula is C22H30N2O5S. The van der Waals surface area contributed by atoms with Crippen molar-refractivity contribution in [3.05, 3.63) is 54.1 Å². The minimum atomic E-state index is -3.33. The lowest BCUT2D eigenvalue weighted by molar-refractivity contribution is -0.128. The SMILES string of the molecule is CC[C@H](Oc1ccc(N(C)S(C)(=O)=O)cc1)C(=O)NCc1cccc(OC(C)C)c1. The second-order valence-electron chi connectivity index (χ2n) is 7.27. The van der Waals surface area contributed by atoms with Crippen molar-refractivity contribution >= 4 is 21.6 Å². The fraction of sp³-hybridized carbons (Fsp3) is 0.409.